The van der Waals surface area contributed by atoms with Crippen molar-refractivity contribution in [3.63, 3.8) is 0 Å². The second kappa shape index (κ2) is 14.1. The summed E-state index contributed by atoms with van der Waals surface area (Å²) in [6, 6.07) is 5.09. The van der Waals surface area contributed by atoms with Gasteiger partial charge in [-0.15, -0.1) is 24.0 Å². The number of rotatable bonds is 11. The lowest BCUT2D eigenvalue weighted by Gasteiger charge is -2.30. The molecule has 0 aromatic heterocycles. The molecule has 7 heteroatoms. The lowest BCUT2D eigenvalue weighted by atomic mass is 9.83. The molecule has 5 nitrogen and oxygen atoms in total. The zero-order chi connectivity index (χ0) is 20.2. The van der Waals surface area contributed by atoms with Crippen LogP contribution in [-0.4, -0.2) is 39.4 Å². The molecule has 0 saturated heterocycles. The van der Waals surface area contributed by atoms with Gasteiger partial charge in [-0.05, 0) is 56.2 Å². The van der Waals surface area contributed by atoms with Gasteiger partial charge in [0.05, 0.1) is 13.2 Å². The molecule has 0 unspecified atom stereocenters. The highest BCUT2D eigenvalue weighted by atomic mass is 127. The van der Waals surface area contributed by atoms with Crippen LogP contribution in [0.15, 0.2) is 23.2 Å². The molecule has 166 valence electrons. The molecule has 1 aromatic rings. The fourth-order valence-corrected chi connectivity index (χ4v) is 3.85. The zero-order valence-corrected chi connectivity index (χ0v) is 20.4. The molecule has 0 aliphatic heterocycles. The molecular formula is C22H37FIN3O2. The van der Waals surface area contributed by atoms with Gasteiger partial charge in [-0.2, -0.15) is 0 Å². The number of hydrogen-bond donors (Lipinski definition) is 2. The average Bonchev–Trinajstić information content (AvgIpc) is 3.16. The van der Waals surface area contributed by atoms with E-state index in [1.165, 1.54) is 31.7 Å². The zero-order valence-electron chi connectivity index (χ0n) is 18.1. The monoisotopic (exact) mass is 521 g/mol. The first-order chi connectivity index (χ1) is 13.6. The van der Waals surface area contributed by atoms with Crippen molar-refractivity contribution in [2.24, 2.45) is 10.4 Å². The number of hydrogen-bond acceptors (Lipinski definition) is 3. The van der Waals surface area contributed by atoms with Crippen LogP contribution in [0.2, 0.25) is 0 Å². The van der Waals surface area contributed by atoms with E-state index in [0.29, 0.717) is 17.5 Å². The summed E-state index contributed by atoms with van der Waals surface area (Å²) in [6.45, 7) is 8.18. The smallest absolute Gasteiger partial charge is 0.191 e. The van der Waals surface area contributed by atoms with Crippen LogP contribution < -0.4 is 10.6 Å². The van der Waals surface area contributed by atoms with Gasteiger partial charge in [0.25, 0.3) is 0 Å². The van der Waals surface area contributed by atoms with Gasteiger partial charge in [-0.25, -0.2) is 9.38 Å². The Labute approximate surface area is 192 Å². The Kier molecular flexibility index (Phi) is 12.7. The summed E-state index contributed by atoms with van der Waals surface area (Å²) in [6.07, 6.45) is 6.15. The van der Waals surface area contributed by atoms with Gasteiger partial charge in [0.15, 0.2) is 5.96 Å². The molecule has 0 spiro atoms. The van der Waals surface area contributed by atoms with Crippen molar-refractivity contribution in [2.45, 2.75) is 59.1 Å². The highest BCUT2D eigenvalue weighted by Crippen LogP contribution is 2.40. The van der Waals surface area contributed by atoms with Gasteiger partial charge in [-0.1, -0.05) is 18.9 Å². The maximum Gasteiger partial charge on any atom is 0.191 e. The number of ether oxygens (including phenoxy) is 2. The normalized spacial score (nSPS) is 15.8. The number of nitrogens with zero attached hydrogens (tertiary/aromatic N) is 1. The summed E-state index contributed by atoms with van der Waals surface area (Å²) >= 11 is 0. The number of halogens is 2. The van der Waals surface area contributed by atoms with Crippen LogP contribution >= 0.6 is 24.0 Å². The lowest BCUT2D eigenvalue weighted by Crippen LogP contribution is -2.43. The molecule has 2 N–H and O–H groups in total. The quantitative estimate of drug-likeness (QED) is 0.193. The molecule has 2 rings (SSSR count). The van der Waals surface area contributed by atoms with Gasteiger partial charge in [0.1, 0.15) is 5.82 Å². The highest BCUT2D eigenvalue weighted by Gasteiger charge is 2.33. The standard InChI is InChI=1S/C22H36FN3O2.HI/c1-4-24-21(25-15-18-8-9-20(23)19(14-18)16-27-3)26-17-22(10-6-7-11-22)12-13-28-5-2;/h8-9,14H,4-7,10-13,15-17H2,1-3H3,(H2,24,25,26);1H. The summed E-state index contributed by atoms with van der Waals surface area (Å²) < 4.78 is 24.5. The van der Waals surface area contributed by atoms with Gasteiger partial charge >= 0.3 is 0 Å². The third kappa shape index (κ3) is 8.76. The SMILES string of the molecule is CCNC(=NCc1ccc(F)c(COC)c1)NCC1(CCOCC)CCCC1.I. The predicted octanol–water partition coefficient (Wildman–Crippen LogP) is 4.63. The summed E-state index contributed by atoms with van der Waals surface area (Å²) in [5.74, 6) is 0.569. The summed E-state index contributed by atoms with van der Waals surface area (Å²) in [5, 5.41) is 6.86. The molecule has 0 heterocycles. The maximum absolute atomic E-state index is 13.8. The van der Waals surface area contributed by atoms with Gasteiger partial charge < -0.3 is 20.1 Å². The Morgan fingerprint density at radius 3 is 2.62 bits per heavy atom. The van der Waals surface area contributed by atoms with Crippen molar-refractivity contribution in [3.8, 4) is 0 Å². The Balaban J connectivity index is 0.00000420. The van der Waals surface area contributed by atoms with E-state index in [1.54, 1.807) is 13.2 Å². The second-order valence-electron chi connectivity index (χ2n) is 7.56. The predicted molar refractivity (Wildman–Crippen MR) is 127 cm³/mol. The Morgan fingerprint density at radius 2 is 1.97 bits per heavy atom. The maximum atomic E-state index is 13.8. The Hall–Kier alpha value is -0.930. The fourth-order valence-electron chi connectivity index (χ4n) is 3.85. The van der Waals surface area contributed by atoms with Gasteiger partial charge in [-0.3, -0.25) is 0 Å². The van der Waals surface area contributed by atoms with E-state index in [4.69, 9.17) is 14.5 Å². The van der Waals surface area contributed by atoms with Crippen LogP contribution in [0, 0.1) is 11.2 Å². The molecule has 29 heavy (non-hydrogen) atoms. The van der Waals surface area contributed by atoms with E-state index in [9.17, 15) is 4.39 Å². The van der Waals surface area contributed by atoms with Gasteiger partial charge in [0.2, 0.25) is 0 Å². The van der Waals surface area contributed by atoms with E-state index in [1.807, 2.05) is 13.0 Å². The molecule has 1 aliphatic carbocycles. The minimum absolute atomic E-state index is 0. The first kappa shape index (κ1) is 26.1. The average molecular weight is 521 g/mol. The van der Waals surface area contributed by atoms with E-state index in [0.717, 1.165) is 44.2 Å². The lowest BCUT2D eigenvalue weighted by molar-refractivity contribution is 0.105. The van der Waals surface area contributed by atoms with Crippen LogP contribution in [0.1, 0.15) is 57.1 Å². The van der Waals surface area contributed by atoms with E-state index in [2.05, 4.69) is 17.6 Å². The van der Waals surface area contributed by atoms with Crippen LogP contribution in [-0.2, 0) is 22.6 Å². The number of guanidine groups is 1. The van der Waals surface area contributed by atoms with Crippen LogP contribution in [0.5, 0.6) is 0 Å². The van der Waals surface area contributed by atoms with Crippen molar-refractivity contribution in [3.05, 3.63) is 35.1 Å². The van der Waals surface area contributed by atoms with E-state index >= 15 is 0 Å². The van der Waals surface area contributed by atoms with Crippen LogP contribution in [0.4, 0.5) is 4.39 Å². The third-order valence-electron chi connectivity index (χ3n) is 5.45. The Bertz CT molecular complexity index is 622. The molecule has 1 saturated carbocycles. The molecule has 1 aliphatic rings. The number of benzene rings is 1. The minimum Gasteiger partial charge on any atom is -0.382 e. The number of nitrogens with one attached hydrogen (secondary N) is 2. The molecule has 0 amide bonds. The van der Waals surface area contributed by atoms with Crippen molar-refractivity contribution in [2.75, 3.05) is 33.4 Å². The fraction of sp³-hybridized carbons (Fsp3) is 0.682. The number of aliphatic imine (C=N–C) groups is 1. The molecule has 1 fully saturated rings. The highest BCUT2D eigenvalue weighted by molar-refractivity contribution is 14.0. The molecule has 0 radical (unpaired) electrons. The number of methoxy groups -OCH3 is 1. The third-order valence-corrected chi connectivity index (χ3v) is 5.45. The molecule has 0 atom stereocenters. The van der Waals surface area contributed by atoms with Crippen molar-refractivity contribution in [1.82, 2.24) is 10.6 Å². The van der Waals surface area contributed by atoms with Crippen molar-refractivity contribution >= 4 is 29.9 Å². The second-order valence-corrected chi connectivity index (χ2v) is 7.56. The van der Waals surface area contributed by atoms with Crippen LogP contribution in [0.3, 0.4) is 0 Å². The van der Waals surface area contributed by atoms with E-state index < -0.39 is 0 Å². The largest absolute Gasteiger partial charge is 0.382 e. The first-order valence-electron chi connectivity index (χ1n) is 10.5. The summed E-state index contributed by atoms with van der Waals surface area (Å²) in [4.78, 5) is 4.70. The Morgan fingerprint density at radius 1 is 1.21 bits per heavy atom. The van der Waals surface area contributed by atoms with Crippen LogP contribution in [0.25, 0.3) is 0 Å². The van der Waals surface area contributed by atoms with Gasteiger partial charge in [0, 0.05) is 39.0 Å². The summed E-state index contributed by atoms with van der Waals surface area (Å²) in [5.41, 5.74) is 1.83. The van der Waals surface area contributed by atoms with E-state index in [-0.39, 0.29) is 36.4 Å². The topological polar surface area (TPSA) is 54.9 Å². The molecule has 1 aromatic carbocycles. The molecular weight excluding hydrogens is 484 g/mol. The van der Waals surface area contributed by atoms with Crippen molar-refractivity contribution < 1.29 is 13.9 Å². The molecule has 0 bridgehead atoms. The summed E-state index contributed by atoms with van der Waals surface area (Å²) in [7, 11) is 1.57. The van der Waals surface area contributed by atoms with Crippen molar-refractivity contribution in [1.29, 1.82) is 0 Å². The first-order valence-corrected chi connectivity index (χ1v) is 10.5. The minimum atomic E-state index is -0.239.